The molecule has 4 rings (SSSR count). The Balaban J connectivity index is 1.87. The fraction of sp³-hybridized carbons (Fsp3) is 0.321. The van der Waals surface area contributed by atoms with Crippen molar-refractivity contribution in [1.82, 2.24) is 14.9 Å². The minimum absolute atomic E-state index is 0.105. The molecule has 2 atom stereocenters. The van der Waals surface area contributed by atoms with Crippen LogP contribution in [0.2, 0.25) is 19.6 Å². The minimum atomic E-state index is -2.10. The van der Waals surface area contributed by atoms with Crippen molar-refractivity contribution in [2.45, 2.75) is 57.6 Å². The maximum Gasteiger partial charge on any atom is 0.167 e. The van der Waals surface area contributed by atoms with Crippen LogP contribution in [0.5, 0.6) is 0 Å². The van der Waals surface area contributed by atoms with Gasteiger partial charge in [0.2, 0.25) is 0 Å². The van der Waals surface area contributed by atoms with Gasteiger partial charge in [0.1, 0.15) is 28.0 Å². The highest BCUT2D eigenvalue weighted by Gasteiger charge is 2.33. The average molecular weight is 535 g/mol. The SMILES string of the molecule is CC(C)(C)[S+]([O-])NC(Cc1nc(C#N)cc([Si](C)(C)C)c1F)c1ccccc1-c1noc2ccccc12. The molecule has 9 heteroatoms. The van der Waals surface area contributed by atoms with Gasteiger partial charge in [-0.25, -0.2) is 9.37 Å². The zero-order valence-corrected chi connectivity index (χ0v) is 23.7. The predicted molar refractivity (Wildman–Crippen MR) is 149 cm³/mol. The molecule has 0 saturated heterocycles. The van der Waals surface area contributed by atoms with Crippen molar-refractivity contribution in [3.05, 3.63) is 77.4 Å². The highest BCUT2D eigenvalue weighted by atomic mass is 32.2. The maximum atomic E-state index is 15.8. The first kappa shape index (κ1) is 27.0. The van der Waals surface area contributed by atoms with Crippen molar-refractivity contribution in [1.29, 1.82) is 5.26 Å². The number of pyridine rings is 1. The van der Waals surface area contributed by atoms with Gasteiger partial charge in [0.05, 0.1) is 19.8 Å². The Morgan fingerprint density at radius 3 is 2.49 bits per heavy atom. The van der Waals surface area contributed by atoms with Crippen molar-refractivity contribution in [2.24, 2.45) is 0 Å². The number of para-hydroxylation sites is 1. The summed E-state index contributed by atoms with van der Waals surface area (Å²) in [5, 5.41) is 15.3. The summed E-state index contributed by atoms with van der Waals surface area (Å²) in [4.78, 5) is 4.36. The fourth-order valence-electron chi connectivity index (χ4n) is 4.13. The van der Waals surface area contributed by atoms with Gasteiger partial charge >= 0.3 is 0 Å². The van der Waals surface area contributed by atoms with E-state index in [2.05, 4.69) is 20.9 Å². The molecule has 6 nitrogen and oxygen atoms in total. The Hall–Kier alpha value is -3.03. The Morgan fingerprint density at radius 2 is 1.81 bits per heavy atom. The molecule has 0 bridgehead atoms. The lowest BCUT2D eigenvalue weighted by molar-refractivity contribution is 0.459. The topological polar surface area (TPSA) is 97.8 Å². The second-order valence-electron chi connectivity index (χ2n) is 11.0. The summed E-state index contributed by atoms with van der Waals surface area (Å²) in [5.41, 5.74) is 3.25. The van der Waals surface area contributed by atoms with Gasteiger partial charge in [-0.05, 0) is 49.7 Å². The monoisotopic (exact) mass is 534 g/mol. The Bertz CT molecular complexity index is 1470. The van der Waals surface area contributed by atoms with Gasteiger partial charge in [-0.2, -0.15) is 5.26 Å². The average Bonchev–Trinajstić information content (AvgIpc) is 3.27. The third-order valence-electron chi connectivity index (χ3n) is 6.12. The van der Waals surface area contributed by atoms with E-state index in [1.54, 1.807) is 6.07 Å². The summed E-state index contributed by atoms with van der Waals surface area (Å²) in [5.74, 6) is -0.393. The van der Waals surface area contributed by atoms with Crippen LogP contribution in [0.4, 0.5) is 4.39 Å². The second kappa shape index (κ2) is 10.4. The molecule has 2 heterocycles. The highest BCUT2D eigenvalue weighted by Crippen LogP contribution is 2.35. The predicted octanol–water partition coefficient (Wildman–Crippen LogP) is 5.78. The number of halogens is 1. The van der Waals surface area contributed by atoms with Gasteiger partial charge in [-0.15, -0.1) is 4.72 Å². The molecule has 0 spiro atoms. The smallest absolute Gasteiger partial charge is 0.167 e. The number of nitriles is 1. The van der Waals surface area contributed by atoms with Crippen LogP contribution >= 0.6 is 0 Å². The van der Waals surface area contributed by atoms with Crippen LogP contribution in [-0.4, -0.2) is 27.5 Å². The minimum Gasteiger partial charge on any atom is -0.598 e. The Morgan fingerprint density at radius 1 is 1.14 bits per heavy atom. The summed E-state index contributed by atoms with van der Waals surface area (Å²) >= 11 is -1.46. The molecule has 2 aromatic carbocycles. The second-order valence-corrected chi connectivity index (χ2v) is 18.1. The van der Waals surface area contributed by atoms with Crippen LogP contribution < -0.4 is 9.91 Å². The summed E-state index contributed by atoms with van der Waals surface area (Å²) in [6.45, 7) is 11.7. The van der Waals surface area contributed by atoms with Crippen molar-refractivity contribution < 1.29 is 13.5 Å². The van der Waals surface area contributed by atoms with Crippen molar-refractivity contribution in [3.63, 3.8) is 0 Å². The first-order chi connectivity index (χ1) is 17.4. The molecule has 0 fully saturated rings. The summed E-state index contributed by atoms with van der Waals surface area (Å²) < 4.78 is 37.4. The molecule has 192 valence electrons. The van der Waals surface area contributed by atoms with Crippen LogP contribution in [0.3, 0.4) is 0 Å². The zero-order chi connectivity index (χ0) is 27.0. The molecule has 1 N–H and O–H groups in total. The van der Waals surface area contributed by atoms with Gasteiger partial charge in [-0.1, -0.05) is 61.2 Å². The van der Waals surface area contributed by atoms with Crippen LogP contribution in [0, 0.1) is 17.1 Å². The van der Waals surface area contributed by atoms with Crippen molar-refractivity contribution in [2.75, 3.05) is 0 Å². The van der Waals surface area contributed by atoms with E-state index in [1.165, 1.54) is 0 Å². The van der Waals surface area contributed by atoms with E-state index in [0.717, 1.165) is 16.5 Å². The number of rotatable bonds is 7. The standard InChI is InChI=1S/C28H31FN4O2SSi/c1-28(2,3)36(34)33-22(16-23-26(29)25(37(4,5)6)15-18(17-30)31-23)19-11-7-8-12-20(19)27-21-13-9-10-14-24(21)35-32-27/h7-15,22,33H,16H2,1-6H3. The van der Waals surface area contributed by atoms with Crippen LogP contribution in [-0.2, 0) is 17.8 Å². The first-order valence-corrected chi connectivity index (χ1v) is 16.8. The largest absolute Gasteiger partial charge is 0.598 e. The fourth-order valence-corrected chi connectivity index (χ4v) is 6.33. The highest BCUT2D eigenvalue weighted by molar-refractivity contribution is 7.90. The molecule has 0 amide bonds. The van der Waals surface area contributed by atoms with E-state index < -0.39 is 36.0 Å². The Kier molecular flexibility index (Phi) is 7.58. The molecule has 0 aliphatic carbocycles. The van der Waals surface area contributed by atoms with Gasteiger partial charge in [0, 0.05) is 28.7 Å². The van der Waals surface area contributed by atoms with Gasteiger partial charge in [-0.3, -0.25) is 0 Å². The number of nitrogens with one attached hydrogen (secondary N) is 1. The van der Waals surface area contributed by atoms with Gasteiger partial charge in [0.25, 0.3) is 0 Å². The molecule has 2 aromatic heterocycles. The summed E-state index contributed by atoms with van der Waals surface area (Å²) in [6.07, 6.45) is 0.105. The molecular formula is C28H31FN4O2SSi. The third-order valence-corrected chi connectivity index (χ3v) is 9.71. The number of fused-ring (bicyclic) bond motifs is 1. The molecule has 37 heavy (non-hydrogen) atoms. The van der Waals surface area contributed by atoms with Crippen LogP contribution in [0.1, 0.15) is 43.8 Å². The molecule has 0 aliphatic rings. The molecule has 0 saturated carbocycles. The quantitative estimate of drug-likeness (QED) is 0.238. The third kappa shape index (κ3) is 5.78. The summed E-state index contributed by atoms with van der Waals surface area (Å²) in [6, 6.07) is 18.3. The van der Waals surface area contributed by atoms with Crippen molar-refractivity contribution >= 4 is 35.6 Å². The van der Waals surface area contributed by atoms with E-state index in [0.29, 0.717) is 16.5 Å². The lowest BCUT2D eigenvalue weighted by Crippen LogP contribution is -2.43. The first-order valence-electron chi connectivity index (χ1n) is 12.1. The number of hydrogen-bond acceptors (Lipinski definition) is 6. The van der Waals surface area contributed by atoms with Crippen molar-refractivity contribution in [3.8, 4) is 17.3 Å². The Labute approximate surface area is 221 Å². The number of nitrogens with zero attached hydrogens (tertiary/aromatic N) is 3. The molecule has 0 aliphatic heterocycles. The van der Waals surface area contributed by atoms with E-state index in [-0.39, 0.29) is 17.8 Å². The van der Waals surface area contributed by atoms with Gasteiger partial charge in [0.15, 0.2) is 5.58 Å². The lowest BCUT2D eigenvalue weighted by Gasteiger charge is -2.29. The lowest BCUT2D eigenvalue weighted by atomic mass is 9.94. The van der Waals surface area contributed by atoms with E-state index in [9.17, 15) is 9.81 Å². The zero-order valence-electron chi connectivity index (χ0n) is 21.9. The van der Waals surface area contributed by atoms with E-state index in [4.69, 9.17) is 4.52 Å². The molecule has 4 aromatic rings. The maximum absolute atomic E-state index is 15.8. The number of hydrogen-bond donors (Lipinski definition) is 1. The molecular weight excluding hydrogens is 503 g/mol. The van der Waals surface area contributed by atoms with Crippen LogP contribution in [0.25, 0.3) is 22.2 Å². The molecule has 2 unspecified atom stereocenters. The number of aromatic nitrogens is 2. The summed E-state index contributed by atoms with van der Waals surface area (Å²) in [7, 11) is -2.10. The van der Waals surface area contributed by atoms with E-state index in [1.807, 2.05) is 88.9 Å². The van der Waals surface area contributed by atoms with Crippen LogP contribution in [0.15, 0.2) is 59.1 Å². The van der Waals surface area contributed by atoms with E-state index >= 15 is 4.39 Å². The molecule has 0 radical (unpaired) electrons. The van der Waals surface area contributed by atoms with Gasteiger partial charge < -0.3 is 9.08 Å². The number of benzene rings is 2. The normalized spacial score (nSPS) is 13.9.